The second-order valence-electron chi connectivity index (χ2n) is 3.81. The van der Waals surface area contributed by atoms with E-state index in [1.807, 2.05) is 13.8 Å². The largest absolute Gasteiger partial charge is 0.276 e. The predicted octanol–water partition coefficient (Wildman–Crippen LogP) is 0.168. The maximum absolute atomic E-state index is 11.0. The van der Waals surface area contributed by atoms with Crippen molar-refractivity contribution in [2.45, 2.75) is 20.3 Å². The van der Waals surface area contributed by atoms with Crippen LogP contribution in [0.3, 0.4) is 0 Å². The zero-order valence-corrected chi connectivity index (χ0v) is 8.34. The molecule has 2 atom stereocenters. The maximum Gasteiger partial charge on any atom is 0.276 e. The molecule has 1 saturated heterocycles. The molecular weight excluding hydrogens is 176 g/mol. The lowest BCUT2D eigenvalue weighted by Crippen LogP contribution is -2.45. The number of hydrogen-bond acceptors (Lipinski definition) is 2. The van der Waals surface area contributed by atoms with E-state index >= 15 is 0 Å². The summed E-state index contributed by atoms with van der Waals surface area (Å²) in [5.74, 6) is 0.846. The van der Waals surface area contributed by atoms with Crippen molar-refractivity contribution in [2.75, 3.05) is 13.1 Å². The van der Waals surface area contributed by atoms with Crippen LogP contribution < -0.4 is 5.14 Å². The van der Waals surface area contributed by atoms with Gasteiger partial charge in [-0.05, 0) is 18.3 Å². The Labute approximate surface area is 73.9 Å². The topological polar surface area (TPSA) is 63.4 Å². The summed E-state index contributed by atoms with van der Waals surface area (Å²) in [5.41, 5.74) is 0. The molecule has 0 saturated carbocycles. The molecule has 5 heteroatoms. The molecule has 4 nitrogen and oxygen atoms in total. The van der Waals surface area contributed by atoms with Crippen molar-refractivity contribution in [1.29, 1.82) is 0 Å². The van der Waals surface area contributed by atoms with E-state index in [2.05, 4.69) is 0 Å². The normalized spacial score (nSPS) is 33.6. The van der Waals surface area contributed by atoms with Gasteiger partial charge in [-0.1, -0.05) is 13.8 Å². The lowest BCUT2D eigenvalue weighted by Gasteiger charge is -2.32. The Kier molecular flexibility index (Phi) is 2.75. The van der Waals surface area contributed by atoms with Gasteiger partial charge in [0.05, 0.1) is 0 Å². The second kappa shape index (κ2) is 3.32. The standard InChI is InChI=1S/C7H16N2O2S/c1-6-3-7(2)5-9(4-6)12(8,10)11/h6-7H,3-5H2,1-2H3,(H2,8,10,11)/t6-,7-/m1/s1. The highest BCUT2D eigenvalue weighted by atomic mass is 32.2. The summed E-state index contributed by atoms with van der Waals surface area (Å²) in [4.78, 5) is 0. The molecule has 1 rings (SSSR count). The summed E-state index contributed by atoms with van der Waals surface area (Å²) < 4.78 is 23.3. The molecule has 0 radical (unpaired) electrons. The molecule has 0 aromatic rings. The second-order valence-corrected chi connectivity index (χ2v) is 5.35. The van der Waals surface area contributed by atoms with Crippen molar-refractivity contribution >= 4 is 10.2 Å². The van der Waals surface area contributed by atoms with Gasteiger partial charge in [0.15, 0.2) is 0 Å². The molecule has 0 bridgehead atoms. The van der Waals surface area contributed by atoms with E-state index in [1.165, 1.54) is 4.31 Å². The molecule has 1 aliphatic rings. The number of hydrogen-bond donors (Lipinski definition) is 1. The van der Waals surface area contributed by atoms with Crippen LogP contribution in [0, 0.1) is 11.8 Å². The Morgan fingerprint density at radius 2 is 1.67 bits per heavy atom. The molecule has 0 spiro atoms. The average molecular weight is 192 g/mol. The van der Waals surface area contributed by atoms with Crippen LogP contribution in [-0.2, 0) is 10.2 Å². The van der Waals surface area contributed by atoms with E-state index in [4.69, 9.17) is 5.14 Å². The lowest BCUT2D eigenvalue weighted by molar-refractivity contribution is 0.222. The third kappa shape index (κ3) is 2.43. The molecule has 0 aliphatic carbocycles. The maximum atomic E-state index is 11.0. The smallest absolute Gasteiger partial charge is 0.216 e. The van der Waals surface area contributed by atoms with E-state index < -0.39 is 10.2 Å². The Balaban J connectivity index is 2.68. The molecule has 1 heterocycles. The van der Waals surface area contributed by atoms with Crippen LogP contribution in [0.15, 0.2) is 0 Å². The van der Waals surface area contributed by atoms with Crippen molar-refractivity contribution in [2.24, 2.45) is 17.0 Å². The van der Waals surface area contributed by atoms with Crippen molar-refractivity contribution in [1.82, 2.24) is 4.31 Å². The van der Waals surface area contributed by atoms with Crippen LogP contribution in [0.5, 0.6) is 0 Å². The number of rotatable bonds is 1. The quantitative estimate of drug-likeness (QED) is 0.643. The number of piperidine rings is 1. The highest BCUT2D eigenvalue weighted by Gasteiger charge is 2.27. The first-order valence-corrected chi connectivity index (χ1v) is 5.67. The third-order valence-electron chi connectivity index (χ3n) is 2.20. The van der Waals surface area contributed by atoms with E-state index in [0.717, 1.165) is 6.42 Å². The predicted molar refractivity (Wildman–Crippen MR) is 47.6 cm³/mol. The fourth-order valence-electron chi connectivity index (χ4n) is 1.81. The van der Waals surface area contributed by atoms with E-state index in [-0.39, 0.29) is 0 Å². The summed E-state index contributed by atoms with van der Waals surface area (Å²) in [6.07, 6.45) is 1.09. The van der Waals surface area contributed by atoms with E-state index in [9.17, 15) is 8.42 Å². The van der Waals surface area contributed by atoms with Crippen LogP contribution in [0.25, 0.3) is 0 Å². The van der Waals surface area contributed by atoms with Gasteiger partial charge in [-0.25, -0.2) is 5.14 Å². The molecule has 0 unspecified atom stereocenters. The van der Waals surface area contributed by atoms with E-state index in [1.54, 1.807) is 0 Å². The first kappa shape index (κ1) is 9.95. The summed E-state index contributed by atoms with van der Waals surface area (Å²) in [6.45, 7) is 5.24. The van der Waals surface area contributed by atoms with Crippen molar-refractivity contribution < 1.29 is 8.42 Å². The minimum Gasteiger partial charge on any atom is -0.216 e. The zero-order valence-electron chi connectivity index (χ0n) is 7.53. The van der Waals surface area contributed by atoms with Crippen LogP contribution in [0.1, 0.15) is 20.3 Å². The molecule has 0 aromatic carbocycles. The summed E-state index contributed by atoms with van der Waals surface area (Å²) in [6, 6.07) is 0. The van der Waals surface area contributed by atoms with Gasteiger partial charge in [0.25, 0.3) is 10.2 Å². The van der Waals surface area contributed by atoms with Gasteiger partial charge < -0.3 is 0 Å². The minimum atomic E-state index is -3.46. The van der Waals surface area contributed by atoms with Crippen LogP contribution in [0.4, 0.5) is 0 Å². The highest BCUT2D eigenvalue weighted by molar-refractivity contribution is 7.86. The Bertz CT molecular complexity index is 240. The molecule has 2 N–H and O–H groups in total. The Morgan fingerprint density at radius 3 is 2.00 bits per heavy atom. The van der Waals surface area contributed by atoms with Crippen LogP contribution >= 0.6 is 0 Å². The molecule has 1 aliphatic heterocycles. The number of nitrogens with two attached hydrogens (primary N) is 1. The average Bonchev–Trinajstić information content (AvgIpc) is 1.82. The molecule has 0 aromatic heterocycles. The van der Waals surface area contributed by atoms with Gasteiger partial charge in [0, 0.05) is 13.1 Å². The van der Waals surface area contributed by atoms with Crippen molar-refractivity contribution in [3.8, 4) is 0 Å². The third-order valence-corrected chi connectivity index (χ3v) is 3.21. The van der Waals surface area contributed by atoms with Gasteiger partial charge in [-0.15, -0.1) is 0 Å². The van der Waals surface area contributed by atoms with Crippen LogP contribution in [0.2, 0.25) is 0 Å². The van der Waals surface area contributed by atoms with Gasteiger partial charge in [-0.2, -0.15) is 12.7 Å². The minimum absolute atomic E-state index is 0.423. The first-order chi connectivity index (χ1) is 5.39. The van der Waals surface area contributed by atoms with Crippen molar-refractivity contribution in [3.05, 3.63) is 0 Å². The summed E-state index contributed by atoms with van der Waals surface area (Å²) in [7, 11) is -3.46. The van der Waals surface area contributed by atoms with Gasteiger partial charge >= 0.3 is 0 Å². The molecule has 1 fully saturated rings. The highest BCUT2D eigenvalue weighted by Crippen LogP contribution is 2.21. The monoisotopic (exact) mass is 192 g/mol. The SMILES string of the molecule is C[C@@H]1C[C@@H](C)CN(S(N)(=O)=O)C1. The fraction of sp³-hybridized carbons (Fsp3) is 1.00. The van der Waals surface area contributed by atoms with Gasteiger partial charge in [0.1, 0.15) is 0 Å². The Hall–Kier alpha value is -0.130. The van der Waals surface area contributed by atoms with Crippen LogP contribution in [-0.4, -0.2) is 25.8 Å². The molecule has 72 valence electrons. The van der Waals surface area contributed by atoms with Crippen molar-refractivity contribution in [3.63, 3.8) is 0 Å². The van der Waals surface area contributed by atoms with Gasteiger partial charge in [-0.3, -0.25) is 0 Å². The summed E-state index contributed by atoms with van der Waals surface area (Å²) >= 11 is 0. The summed E-state index contributed by atoms with van der Waals surface area (Å²) in [5, 5.41) is 5.03. The first-order valence-electron chi connectivity index (χ1n) is 4.17. The molecule has 12 heavy (non-hydrogen) atoms. The molecular formula is C7H16N2O2S. The van der Waals surface area contributed by atoms with E-state index in [0.29, 0.717) is 24.9 Å². The zero-order chi connectivity index (χ0) is 9.35. The molecule has 0 amide bonds. The Morgan fingerprint density at radius 1 is 1.25 bits per heavy atom. The van der Waals surface area contributed by atoms with Gasteiger partial charge in [0.2, 0.25) is 0 Å². The fourth-order valence-corrected chi connectivity index (χ4v) is 2.74. The number of nitrogens with zero attached hydrogens (tertiary/aromatic N) is 1. The lowest BCUT2D eigenvalue weighted by atomic mass is 9.94.